The first-order valence-electron chi connectivity index (χ1n) is 5.14. The zero-order valence-corrected chi connectivity index (χ0v) is 12.7. The van der Waals surface area contributed by atoms with Gasteiger partial charge in [-0.25, -0.2) is 8.60 Å². The summed E-state index contributed by atoms with van der Waals surface area (Å²) in [5.74, 6) is -0.349. The molecule has 0 spiro atoms. The van der Waals surface area contributed by atoms with Crippen LogP contribution in [0.1, 0.15) is 33.3 Å². The standard InChI is InChI=1S/C12H15BrFNOS/c1-8(15-17(16)12(2,3)4)9-5-6-10(13)11(14)7-9/h5-7H,1-4H3. The maximum absolute atomic E-state index is 13.3. The molecule has 1 aromatic carbocycles. The quantitative estimate of drug-likeness (QED) is 0.761. The zero-order valence-electron chi connectivity index (χ0n) is 10.3. The lowest BCUT2D eigenvalue weighted by Crippen LogP contribution is -2.20. The second-order valence-corrected chi connectivity index (χ2v) is 7.43. The molecule has 0 aliphatic carbocycles. The molecule has 0 N–H and O–H groups in total. The van der Waals surface area contributed by atoms with Crippen molar-refractivity contribution in [3.05, 3.63) is 34.1 Å². The van der Waals surface area contributed by atoms with Gasteiger partial charge in [0.2, 0.25) is 0 Å². The van der Waals surface area contributed by atoms with Crippen molar-refractivity contribution in [2.45, 2.75) is 32.4 Å². The molecule has 0 aromatic heterocycles. The van der Waals surface area contributed by atoms with Gasteiger partial charge in [0.1, 0.15) is 16.8 Å². The summed E-state index contributed by atoms with van der Waals surface area (Å²) in [6.45, 7) is 7.28. The lowest BCUT2D eigenvalue weighted by molar-refractivity contribution is 0.621. The largest absolute Gasteiger partial charge is 0.234 e. The predicted molar refractivity (Wildman–Crippen MR) is 74.2 cm³/mol. The van der Waals surface area contributed by atoms with Crippen LogP contribution in [0.3, 0.4) is 0 Å². The van der Waals surface area contributed by atoms with Crippen LogP contribution in [0.2, 0.25) is 0 Å². The summed E-state index contributed by atoms with van der Waals surface area (Å²) in [7, 11) is -1.33. The molecule has 1 rings (SSSR count). The third-order valence-electron chi connectivity index (χ3n) is 2.08. The van der Waals surface area contributed by atoms with Crippen LogP contribution in [-0.2, 0) is 11.0 Å². The second-order valence-electron chi connectivity index (χ2n) is 4.67. The van der Waals surface area contributed by atoms with Crippen LogP contribution in [0.25, 0.3) is 0 Å². The number of nitrogens with zero attached hydrogens (tertiary/aromatic N) is 1. The highest BCUT2D eigenvalue weighted by Crippen LogP contribution is 2.18. The fraction of sp³-hybridized carbons (Fsp3) is 0.417. The van der Waals surface area contributed by atoms with Crippen LogP contribution in [0.4, 0.5) is 4.39 Å². The lowest BCUT2D eigenvalue weighted by atomic mass is 10.1. The summed E-state index contributed by atoms with van der Waals surface area (Å²) in [5.41, 5.74) is 1.22. The number of halogens is 2. The third kappa shape index (κ3) is 4.00. The molecular formula is C12H15BrFNOS. The summed E-state index contributed by atoms with van der Waals surface area (Å²) in [6, 6.07) is 4.73. The van der Waals surface area contributed by atoms with Crippen LogP contribution < -0.4 is 0 Å². The van der Waals surface area contributed by atoms with E-state index in [-0.39, 0.29) is 5.82 Å². The molecule has 1 unspecified atom stereocenters. The van der Waals surface area contributed by atoms with Gasteiger partial charge >= 0.3 is 0 Å². The normalized spacial score (nSPS) is 14.8. The highest BCUT2D eigenvalue weighted by molar-refractivity contribution is 9.10. The van der Waals surface area contributed by atoms with Crippen molar-refractivity contribution in [1.29, 1.82) is 0 Å². The van der Waals surface area contributed by atoms with Gasteiger partial charge in [0, 0.05) is 0 Å². The molecule has 0 amide bonds. The van der Waals surface area contributed by atoms with Gasteiger partial charge in [-0.05, 0) is 61.3 Å². The molecule has 1 atom stereocenters. The Kier molecular flexibility index (Phi) is 4.61. The second kappa shape index (κ2) is 5.40. The first kappa shape index (κ1) is 14.5. The van der Waals surface area contributed by atoms with Gasteiger partial charge in [-0.15, -0.1) is 0 Å². The molecule has 17 heavy (non-hydrogen) atoms. The van der Waals surface area contributed by atoms with Crippen LogP contribution in [0, 0.1) is 5.82 Å². The fourth-order valence-corrected chi connectivity index (χ4v) is 1.91. The molecular weight excluding hydrogens is 305 g/mol. The van der Waals surface area contributed by atoms with E-state index in [9.17, 15) is 8.60 Å². The Balaban J connectivity index is 3.04. The Morgan fingerprint density at radius 1 is 1.41 bits per heavy atom. The van der Waals surface area contributed by atoms with E-state index in [2.05, 4.69) is 20.3 Å². The highest BCUT2D eigenvalue weighted by atomic mass is 79.9. The van der Waals surface area contributed by atoms with Crippen molar-refractivity contribution in [2.24, 2.45) is 4.40 Å². The van der Waals surface area contributed by atoms with E-state index < -0.39 is 15.7 Å². The van der Waals surface area contributed by atoms with Crippen molar-refractivity contribution in [2.75, 3.05) is 0 Å². The maximum Gasteiger partial charge on any atom is 0.145 e. The molecule has 0 saturated carbocycles. The van der Waals surface area contributed by atoms with Gasteiger partial charge in [-0.2, -0.15) is 4.40 Å². The van der Waals surface area contributed by atoms with E-state index in [1.54, 1.807) is 19.1 Å². The van der Waals surface area contributed by atoms with Gasteiger partial charge in [-0.3, -0.25) is 0 Å². The summed E-state index contributed by atoms with van der Waals surface area (Å²) in [5, 5.41) is 0. The van der Waals surface area contributed by atoms with Gasteiger partial charge in [-0.1, -0.05) is 6.07 Å². The molecule has 1 aromatic rings. The van der Waals surface area contributed by atoms with E-state index in [1.165, 1.54) is 6.07 Å². The van der Waals surface area contributed by atoms with Crippen molar-refractivity contribution in [1.82, 2.24) is 0 Å². The average molecular weight is 320 g/mol. The van der Waals surface area contributed by atoms with Crippen LogP contribution >= 0.6 is 15.9 Å². The number of rotatable bonds is 2. The Morgan fingerprint density at radius 2 is 2.00 bits per heavy atom. The Labute approximate surface area is 112 Å². The zero-order chi connectivity index (χ0) is 13.2. The summed E-state index contributed by atoms with van der Waals surface area (Å²) >= 11 is 3.09. The molecule has 0 heterocycles. The first-order chi connectivity index (χ1) is 7.71. The smallest absolute Gasteiger partial charge is 0.145 e. The fourth-order valence-electron chi connectivity index (χ4n) is 1.04. The SMILES string of the molecule is CC(=NS(=O)C(C)(C)C)c1ccc(Br)c(F)c1. The van der Waals surface area contributed by atoms with E-state index >= 15 is 0 Å². The van der Waals surface area contributed by atoms with Crippen molar-refractivity contribution in [3.63, 3.8) is 0 Å². The molecule has 2 nitrogen and oxygen atoms in total. The monoisotopic (exact) mass is 319 g/mol. The molecule has 0 aliphatic heterocycles. The van der Waals surface area contributed by atoms with Crippen molar-refractivity contribution >= 4 is 32.6 Å². The summed E-state index contributed by atoms with van der Waals surface area (Å²) in [6.07, 6.45) is 0. The summed E-state index contributed by atoms with van der Waals surface area (Å²) < 4.78 is 29.3. The van der Waals surface area contributed by atoms with E-state index in [0.717, 1.165) is 0 Å². The van der Waals surface area contributed by atoms with Crippen molar-refractivity contribution in [3.8, 4) is 0 Å². The highest BCUT2D eigenvalue weighted by Gasteiger charge is 2.19. The first-order valence-corrected chi connectivity index (χ1v) is 7.04. The topological polar surface area (TPSA) is 29.4 Å². The molecule has 0 radical (unpaired) electrons. The molecule has 5 heteroatoms. The molecule has 0 bridgehead atoms. The number of hydrogen-bond donors (Lipinski definition) is 0. The van der Waals surface area contributed by atoms with Crippen LogP contribution in [-0.4, -0.2) is 14.7 Å². The van der Waals surface area contributed by atoms with Gasteiger partial charge in [0.05, 0.1) is 14.9 Å². The van der Waals surface area contributed by atoms with E-state index in [0.29, 0.717) is 15.7 Å². The van der Waals surface area contributed by atoms with Crippen LogP contribution in [0.15, 0.2) is 27.1 Å². The Morgan fingerprint density at radius 3 is 2.47 bits per heavy atom. The van der Waals surface area contributed by atoms with E-state index in [1.807, 2.05) is 20.8 Å². The third-order valence-corrected chi connectivity index (χ3v) is 4.21. The minimum absolute atomic E-state index is 0.349. The minimum Gasteiger partial charge on any atom is -0.234 e. The van der Waals surface area contributed by atoms with Gasteiger partial charge < -0.3 is 0 Å². The molecule has 0 saturated heterocycles. The van der Waals surface area contributed by atoms with Gasteiger partial charge in [0.15, 0.2) is 0 Å². The maximum atomic E-state index is 13.3. The van der Waals surface area contributed by atoms with E-state index in [4.69, 9.17) is 0 Å². The predicted octanol–water partition coefficient (Wildman–Crippen LogP) is 3.86. The molecule has 0 fully saturated rings. The van der Waals surface area contributed by atoms with Crippen molar-refractivity contribution < 1.29 is 8.60 Å². The minimum atomic E-state index is -1.33. The summed E-state index contributed by atoms with van der Waals surface area (Å²) in [4.78, 5) is 0. The van der Waals surface area contributed by atoms with Gasteiger partial charge in [0.25, 0.3) is 0 Å². The molecule has 0 aliphatic rings. The lowest BCUT2D eigenvalue weighted by Gasteiger charge is -2.14. The molecule has 94 valence electrons. The Bertz CT molecular complexity index is 480. The van der Waals surface area contributed by atoms with Crippen LogP contribution in [0.5, 0.6) is 0 Å². The number of hydrogen-bond acceptors (Lipinski definition) is 1. The number of benzene rings is 1. The Hall–Kier alpha value is -0.550. The average Bonchev–Trinajstić information content (AvgIpc) is 2.20.